The first-order valence-electron chi connectivity index (χ1n) is 5.66. The first-order valence-corrected chi connectivity index (χ1v) is 7.51. The number of carboxylic acid groups (broad SMARTS) is 1. The zero-order valence-electron chi connectivity index (χ0n) is 9.90. The molecule has 1 aromatic rings. The molecule has 18 heavy (non-hydrogen) atoms. The van der Waals surface area contributed by atoms with Gasteiger partial charge in [-0.1, -0.05) is 0 Å². The predicted molar refractivity (Wildman–Crippen MR) is 71.1 cm³/mol. The van der Waals surface area contributed by atoms with Crippen LogP contribution in [0, 0.1) is 0 Å². The number of aliphatic carboxylic acids is 1. The Morgan fingerprint density at radius 3 is 2.78 bits per heavy atom. The Hall–Kier alpha value is -1.48. The van der Waals surface area contributed by atoms with Crippen molar-refractivity contribution >= 4 is 25.4 Å². The van der Waals surface area contributed by atoms with Crippen molar-refractivity contribution in [3.8, 4) is 0 Å². The Labute approximate surface area is 112 Å². The quantitative estimate of drug-likeness (QED) is 0.346. The van der Waals surface area contributed by atoms with Crippen LogP contribution < -0.4 is 4.46 Å². The Kier molecular flexibility index (Phi) is 6.96. The number of nitrogens with zero attached hydrogens (tertiary/aromatic N) is 3. The summed E-state index contributed by atoms with van der Waals surface area (Å²) in [4.78, 5) is 13.5. The fourth-order valence-corrected chi connectivity index (χ4v) is 3.85. The fourth-order valence-electron chi connectivity index (χ4n) is 1.49. The van der Waals surface area contributed by atoms with Gasteiger partial charge in [0.15, 0.2) is 0 Å². The number of carboxylic acids is 1. The van der Waals surface area contributed by atoms with Gasteiger partial charge in [-0.3, -0.25) is 0 Å². The van der Waals surface area contributed by atoms with Crippen molar-refractivity contribution in [2.24, 2.45) is 5.11 Å². The fraction of sp³-hybridized carbons (Fsp3) is 0.417. The second-order valence-electron chi connectivity index (χ2n) is 3.75. The van der Waals surface area contributed by atoms with E-state index >= 15 is 0 Å². The molecule has 0 aliphatic heterocycles. The van der Waals surface area contributed by atoms with Gasteiger partial charge < -0.3 is 0 Å². The zero-order chi connectivity index (χ0) is 13.2. The Bertz CT molecular complexity index is 419. The second kappa shape index (κ2) is 8.59. The van der Waals surface area contributed by atoms with Crippen LogP contribution in [0.2, 0.25) is 4.82 Å². The van der Waals surface area contributed by atoms with Gasteiger partial charge >= 0.3 is 112 Å². The maximum atomic E-state index is 10.5. The molecule has 0 fully saturated rings. The molecule has 96 valence electrons. The number of carbonyl (C=O) groups is 1. The number of benzene rings is 1. The van der Waals surface area contributed by atoms with Crippen molar-refractivity contribution in [1.82, 2.24) is 0 Å². The summed E-state index contributed by atoms with van der Waals surface area (Å²) >= 11 is 0.216. The summed E-state index contributed by atoms with van der Waals surface area (Å²) in [6.45, 7) is 0.449. The van der Waals surface area contributed by atoms with Crippen molar-refractivity contribution in [3.05, 3.63) is 40.8 Å². The summed E-state index contributed by atoms with van der Waals surface area (Å²) in [5, 5.41) is 12.2. The van der Waals surface area contributed by atoms with E-state index in [-0.39, 0.29) is 26.2 Å². The van der Waals surface area contributed by atoms with Gasteiger partial charge in [-0.25, -0.2) is 0 Å². The monoisotopic (exact) mass is 313 g/mol. The van der Waals surface area contributed by atoms with Gasteiger partial charge in [0.25, 0.3) is 0 Å². The van der Waals surface area contributed by atoms with E-state index in [9.17, 15) is 4.79 Å². The van der Waals surface area contributed by atoms with E-state index in [1.807, 2.05) is 18.2 Å². The Morgan fingerprint density at radius 1 is 1.44 bits per heavy atom. The third-order valence-corrected chi connectivity index (χ3v) is 4.96. The summed E-state index contributed by atoms with van der Waals surface area (Å²) in [7, 11) is 0. The van der Waals surface area contributed by atoms with E-state index in [0.717, 1.165) is 6.42 Å². The molecule has 0 aromatic heterocycles. The van der Waals surface area contributed by atoms with Gasteiger partial charge in [-0.05, 0) is 0 Å². The van der Waals surface area contributed by atoms with E-state index in [2.05, 4.69) is 22.2 Å². The molecule has 1 aromatic carbocycles. The van der Waals surface area contributed by atoms with Gasteiger partial charge in [0.1, 0.15) is 0 Å². The molecule has 0 heterocycles. The minimum absolute atomic E-state index is 0.178. The van der Waals surface area contributed by atoms with Gasteiger partial charge in [0, 0.05) is 0 Å². The SMILES string of the molecule is [N-]=[N+]=NCC(CCCC(=O)O)[Se]c1ccccc1. The maximum absolute atomic E-state index is 10.5. The molecule has 0 aliphatic carbocycles. The molecule has 6 heteroatoms. The molecular weight excluding hydrogens is 297 g/mol. The van der Waals surface area contributed by atoms with Crippen LogP contribution in [0.25, 0.3) is 10.4 Å². The van der Waals surface area contributed by atoms with E-state index in [4.69, 9.17) is 10.6 Å². The summed E-state index contributed by atoms with van der Waals surface area (Å²) in [5.74, 6) is -0.773. The summed E-state index contributed by atoms with van der Waals surface area (Å²) in [6.07, 6.45) is 1.60. The number of rotatable bonds is 8. The van der Waals surface area contributed by atoms with E-state index in [1.165, 1.54) is 4.46 Å². The first-order chi connectivity index (χ1) is 8.72. The molecule has 0 bridgehead atoms. The molecule has 0 amide bonds. The molecule has 0 saturated carbocycles. The van der Waals surface area contributed by atoms with Gasteiger partial charge in [-0.15, -0.1) is 0 Å². The van der Waals surface area contributed by atoms with Gasteiger partial charge in [0.05, 0.1) is 0 Å². The molecule has 1 rings (SSSR count). The molecule has 0 saturated heterocycles. The van der Waals surface area contributed by atoms with Crippen LogP contribution in [0.4, 0.5) is 0 Å². The van der Waals surface area contributed by atoms with Crippen LogP contribution in [0.5, 0.6) is 0 Å². The average Bonchev–Trinajstić information content (AvgIpc) is 2.36. The van der Waals surface area contributed by atoms with E-state index in [0.29, 0.717) is 13.0 Å². The van der Waals surface area contributed by atoms with Crippen LogP contribution in [0.3, 0.4) is 0 Å². The Morgan fingerprint density at radius 2 is 2.17 bits per heavy atom. The van der Waals surface area contributed by atoms with Gasteiger partial charge in [-0.2, -0.15) is 0 Å². The van der Waals surface area contributed by atoms with E-state index < -0.39 is 5.97 Å². The topological polar surface area (TPSA) is 86.1 Å². The molecule has 1 N–H and O–H groups in total. The molecular formula is C12H15N3O2Se. The predicted octanol–water partition coefficient (Wildman–Crippen LogP) is 2.37. The molecule has 5 nitrogen and oxygen atoms in total. The van der Waals surface area contributed by atoms with E-state index in [1.54, 1.807) is 0 Å². The molecule has 0 spiro atoms. The van der Waals surface area contributed by atoms with Crippen LogP contribution >= 0.6 is 0 Å². The molecule has 1 unspecified atom stereocenters. The summed E-state index contributed by atoms with van der Waals surface area (Å²) < 4.78 is 1.25. The van der Waals surface area contributed by atoms with Crippen molar-refractivity contribution in [3.63, 3.8) is 0 Å². The van der Waals surface area contributed by atoms with Crippen LogP contribution in [-0.4, -0.2) is 32.6 Å². The molecule has 0 radical (unpaired) electrons. The van der Waals surface area contributed by atoms with Crippen molar-refractivity contribution < 1.29 is 9.90 Å². The number of azide groups is 1. The van der Waals surface area contributed by atoms with Crippen LogP contribution in [0.1, 0.15) is 19.3 Å². The summed E-state index contributed by atoms with van der Waals surface area (Å²) in [5.41, 5.74) is 8.37. The number of hydrogen-bond acceptors (Lipinski definition) is 2. The zero-order valence-corrected chi connectivity index (χ0v) is 11.6. The average molecular weight is 312 g/mol. The van der Waals surface area contributed by atoms with Crippen molar-refractivity contribution in [1.29, 1.82) is 0 Å². The van der Waals surface area contributed by atoms with Crippen LogP contribution in [0.15, 0.2) is 35.4 Å². The first kappa shape index (κ1) is 14.6. The standard InChI is InChI=1S/C12H15N3O2Se/c13-15-14-9-11(7-4-8-12(16)17)18-10-5-2-1-3-6-10/h1-3,5-6,11H,4,7-9H2,(H,16,17). The van der Waals surface area contributed by atoms with Crippen LogP contribution in [-0.2, 0) is 4.79 Å². The van der Waals surface area contributed by atoms with Gasteiger partial charge in [0.2, 0.25) is 0 Å². The second-order valence-corrected chi connectivity index (χ2v) is 6.63. The summed E-state index contributed by atoms with van der Waals surface area (Å²) in [6, 6.07) is 10.0. The normalized spacial score (nSPS) is 11.6. The third kappa shape index (κ3) is 6.30. The molecule has 0 aliphatic rings. The number of hydrogen-bond donors (Lipinski definition) is 1. The Balaban J connectivity index is 2.49. The minimum atomic E-state index is -0.773. The third-order valence-electron chi connectivity index (χ3n) is 2.31. The molecule has 1 atom stereocenters. The van der Waals surface area contributed by atoms with Crippen molar-refractivity contribution in [2.45, 2.75) is 24.1 Å². The van der Waals surface area contributed by atoms with Crippen molar-refractivity contribution in [2.75, 3.05) is 6.54 Å².